The summed E-state index contributed by atoms with van der Waals surface area (Å²) >= 11 is 0. The molecule has 0 aliphatic carbocycles. The third-order valence-electron chi connectivity index (χ3n) is 3.98. The Kier molecular flexibility index (Phi) is 5.79. The lowest BCUT2D eigenvalue weighted by Crippen LogP contribution is -2.33. The van der Waals surface area contributed by atoms with Gasteiger partial charge >= 0.3 is 0 Å². The van der Waals surface area contributed by atoms with Gasteiger partial charge in [0.2, 0.25) is 11.8 Å². The zero-order valence-electron chi connectivity index (χ0n) is 14.3. The van der Waals surface area contributed by atoms with Gasteiger partial charge in [-0.2, -0.15) is 0 Å². The summed E-state index contributed by atoms with van der Waals surface area (Å²) in [7, 11) is 0. The van der Waals surface area contributed by atoms with Crippen LogP contribution in [0.15, 0.2) is 0 Å². The zero-order valence-corrected chi connectivity index (χ0v) is 14.3. The van der Waals surface area contributed by atoms with Gasteiger partial charge in [-0.3, -0.25) is 9.59 Å². The van der Waals surface area contributed by atoms with Gasteiger partial charge in [-0.05, 0) is 33.1 Å². The number of carbonyl (C=O) groups is 2. The maximum absolute atomic E-state index is 11.4. The monoisotopic (exact) mass is 297 g/mol. The lowest BCUT2D eigenvalue weighted by atomic mass is 9.93. The molecule has 2 amide bonds. The van der Waals surface area contributed by atoms with E-state index in [9.17, 15) is 9.59 Å². The standard InChI is InChI=1S/C9H17NO.C7H14N2O/c1-7(2)10-6-9(3,4)5-8(10)11;1-5(2)9-4-6(8)3-7(9)10/h7H,5-6H2,1-4H3;5-6H,3-4,8H2,1-2H3. The smallest absolute Gasteiger partial charge is 0.224 e. The molecule has 1 atom stereocenters. The topological polar surface area (TPSA) is 66.6 Å². The normalized spacial score (nSPS) is 24.9. The predicted octanol–water partition coefficient (Wildman–Crippen LogP) is 1.61. The third-order valence-corrected chi connectivity index (χ3v) is 3.98. The van der Waals surface area contributed by atoms with Crippen molar-refractivity contribution in [2.24, 2.45) is 11.1 Å². The highest BCUT2D eigenvalue weighted by Gasteiger charge is 2.36. The highest BCUT2D eigenvalue weighted by molar-refractivity contribution is 5.80. The molecule has 0 aromatic heterocycles. The molecule has 122 valence electrons. The molecule has 2 aliphatic rings. The molecule has 0 saturated carbocycles. The van der Waals surface area contributed by atoms with Gasteiger partial charge < -0.3 is 15.5 Å². The van der Waals surface area contributed by atoms with Gasteiger partial charge in [0, 0.05) is 44.1 Å². The second-order valence-electron chi connectivity index (χ2n) is 7.56. The van der Waals surface area contributed by atoms with Gasteiger partial charge in [-0.1, -0.05) is 13.8 Å². The van der Waals surface area contributed by atoms with Gasteiger partial charge in [0.15, 0.2) is 0 Å². The molecule has 5 nitrogen and oxygen atoms in total. The minimum atomic E-state index is 0.0647. The van der Waals surface area contributed by atoms with Crippen molar-refractivity contribution in [3.63, 3.8) is 0 Å². The third kappa shape index (κ3) is 4.99. The summed E-state index contributed by atoms with van der Waals surface area (Å²) in [6, 6.07) is 0.736. The van der Waals surface area contributed by atoms with Crippen LogP contribution in [0.4, 0.5) is 0 Å². The first-order valence-electron chi connectivity index (χ1n) is 7.88. The van der Waals surface area contributed by atoms with Crippen LogP contribution in [0.3, 0.4) is 0 Å². The summed E-state index contributed by atoms with van der Waals surface area (Å²) in [4.78, 5) is 26.2. The molecule has 0 aromatic rings. The fourth-order valence-electron chi connectivity index (χ4n) is 2.85. The molecule has 1 unspecified atom stereocenters. The average molecular weight is 297 g/mol. The summed E-state index contributed by atoms with van der Waals surface area (Å²) in [5, 5.41) is 0. The Bertz CT molecular complexity index is 391. The Hall–Kier alpha value is -1.10. The van der Waals surface area contributed by atoms with Crippen molar-refractivity contribution in [2.75, 3.05) is 13.1 Å². The van der Waals surface area contributed by atoms with E-state index in [2.05, 4.69) is 27.7 Å². The van der Waals surface area contributed by atoms with Crippen LogP contribution in [-0.2, 0) is 9.59 Å². The van der Waals surface area contributed by atoms with Crippen molar-refractivity contribution < 1.29 is 9.59 Å². The molecule has 2 saturated heterocycles. The summed E-state index contributed by atoms with van der Waals surface area (Å²) in [5.74, 6) is 0.507. The maximum atomic E-state index is 11.4. The quantitative estimate of drug-likeness (QED) is 0.842. The number of likely N-dealkylation sites (tertiary alicyclic amines) is 2. The van der Waals surface area contributed by atoms with Crippen molar-refractivity contribution in [1.29, 1.82) is 0 Å². The molecule has 2 heterocycles. The van der Waals surface area contributed by atoms with E-state index in [-0.39, 0.29) is 17.4 Å². The molecule has 0 aromatic carbocycles. The first-order chi connectivity index (χ1) is 9.53. The Balaban J connectivity index is 0.000000211. The van der Waals surface area contributed by atoms with Gasteiger partial charge in [-0.25, -0.2) is 0 Å². The van der Waals surface area contributed by atoms with Crippen molar-refractivity contribution >= 4 is 11.8 Å². The minimum absolute atomic E-state index is 0.0647. The van der Waals surface area contributed by atoms with Crippen LogP contribution < -0.4 is 5.73 Å². The lowest BCUT2D eigenvalue weighted by Gasteiger charge is -2.23. The zero-order chi connectivity index (χ0) is 16.4. The first-order valence-corrected chi connectivity index (χ1v) is 7.88. The van der Waals surface area contributed by atoms with Crippen LogP contribution in [0.1, 0.15) is 54.4 Å². The van der Waals surface area contributed by atoms with Crippen molar-refractivity contribution in [3.8, 4) is 0 Å². The van der Waals surface area contributed by atoms with E-state index < -0.39 is 0 Å². The van der Waals surface area contributed by atoms with Crippen LogP contribution in [-0.4, -0.2) is 52.8 Å². The highest BCUT2D eigenvalue weighted by Crippen LogP contribution is 2.30. The van der Waals surface area contributed by atoms with Gasteiger partial charge in [0.25, 0.3) is 0 Å². The SMILES string of the molecule is CC(C)N1CC(C)(C)CC1=O.CC(C)N1CC(N)CC1=O. The Morgan fingerprint density at radius 2 is 1.57 bits per heavy atom. The summed E-state index contributed by atoms with van der Waals surface area (Å²) in [6.45, 7) is 14.1. The Labute approximate surface area is 128 Å². The number of nitrogens with two attached hydrogens (primary N) is 1. The number of nitrogens with zero attached hydrogens (tertiary/aromatic N) is 2. The van der Waals surface area contributed by atoms with Gasteiger partial charge in [0.1, 0.15) is 0 Å². The average Bonchev–Trinajstić information content (AvgIpc) is 2.78. The van der Waals surface area contributed by atoms with Crippen LogP contribution in [0.25, 0.3) is 0 Å². The molecule has 2 N–H and O–H groups in total. The highest BCUT2D eigenvalue weighted by atomic mass is 16.2. The minimum Gasteiger partial charge on any atom is -0.340 e. The van der Waals surface area contributed by atoms with E-state index in [4.69, 9.17) is 5.73 Å². The molecule has 2 fully saturated rings. The lowest BCUT2D eigenvalue weighted by molar-refractivity contribution is -0.129. The number of rotatable bonds is 2. The summed E-state index contributed by atoms with van der Waals surface area (Å²) < 4.78 is 0. The van der Waals surface area contributed by atoms with Crippen molar-refractivity contribution in [1.82, 2.24) is 9.80 Å². The molecule has 0 spiro atoms. The van der Waals surface area contributed by atoms with Crippen LogP contribution in [0, 0.1) is 5.41 Å². The van der Waals surface area contributed by atoms with E-state index in [1.165, 1.54) is 0 Å². The van der Waals surface area contributed by atoms with E-state index in [0.29, 0.717) is 30.8 Å². The second kappa shape index (κ2) is 6.77. The van der Waals surface area contributed by atoms with Gasteiger partial charge in [-0.15, -0.1) is 0 Å². The maximum Gasteiger partial charge on any atom is 0.224 e. The van der Waals surface area contributed by atoms with E-state index in [0.717, 1.165) is 13.1 Å². The molecule has 0 bridgehead atoms. The van der Waals surface area contributed by atoms with Crippen LogP contribution >= 0.6 is 0 Å². The molecule has 2 aliphatic heterocycles. The van der Waals surface area contributed by atoms with Crippen LogP contribution in [0.2, 0.25) is 0 Å². The number of carbonyl (C=O) groups excluding carboxylic acids is 2. The first kappa shape index (κ1) is 18.0. The summed E-state index contributed by atoms with van der Waals surface area (Å²) in [5.41, 5.74) is 5.79. The fourth-order valence-corrected chi connectivity index (χ4v) is 2.85. The molecule has 0 radical (unpaired) electrons. The largest absolute Gasteiger partial charge is 0.340 e. The predicted molar refractivity (Wildman–Crippen MR) is 84.7 cm³/mol. The number of amides is 2. The van der Waals surface area contributed by atoms with E-state index in [1.807, 2.05) is 23.6 Å². The van der Waals surface area contributed by atoms with Crippen LogP contribution in [0.5, 0.6) is 0 Å². The second-order valence-corrected chi connectivity index (χ2v) is 7.56. The summed E-state index contributed by atoms with van der Waals surface area (Å²) in [6.07, 6.45) is 1.24. The fraction of sp³-hybridized carbons (Fsp3) is 0.875. The molecule has 21 heavy (non-hydrogen) atoms. The van der Waals surface area contributed by atoms with Crippen molar-refractivity contribution in [2.45, 2.75) is 72.5 Å². The van der Waals surface area contributed by atoms with E-state index in [1.54, 1.807) is 0 Å². The molecule has 5 heteroatoms. The van der Waals surface area contributed by atoms with Crippen molar-refractivity contribution in [3.05, 3.63) is 0 Å². The van der Waals surface area contributed by atoms with E-state index >= 15 is 0 Å². The molecular formula is C16H31N3O2. The number of hydrogen-bond acceptors (Lipinski definition) is 3. The van der Waals surface area contributed by atoms with Gasteiger partial charge in [0.05, 0.1) is 0 Å². The molecular weight excluding hydrogens is 266 g/mol. The Morgan fingerprint density at radius 3 is 1.76 bits per heavy atom. The number of hydrogen-bond donors (Lipinski definition) is 1. The molecule has 2 rings (SSSR count). The Morgan fingerprint density at radius 1 is 1.05 bits per heavy atom.